The van der Waals surface area contributed by atoms with Gasteiger partial charge in [0.1, 0.15) is 57.8 Å². The molecule has 0 spiro atoms. The number of halogens is 4. The lowest BCUT2D eigenvalue weighted by molar-refractivity contribution is -0.139. The monoisotopic (exact) mass is 1240 g/mol. The van der Waals surface area contributed by atoms with Crippen molar-refractivity contribution in [3.8, 4) is 58.6 Å². The van der Waals surface area contributed by atoms with Crippen LogP contribution in [0.5, 0.6) is 0 Å². The van der Waals surface area contributed by atoms with Crippen molar-refractivity contribution in [1.82, 2.24) is 45.9 Å². The number of carboxylic acids is 1. The number of alkyl carbamates (subject to hydrolysis) is 2. The van der Waals surface area contributed by atoms with Crippen LogP contribution in [-0.2, 0) is 14.3 Å². The summed E-state index contributed by atoms with van der Waals surface area (Å²) in [6.45, 7) is 16.0. The molecule has 89 heavy (non-hydrogen) atoms. The van der Waals surface area contributed by atoms with E-state index >= 15 is 0 Å². The van der Waals surface area contributed by atoms with E-state index in [1.54, 1.807) is 134 Å². The number of hydrogen-bond acceptors (Lipinski definition) is 17. The van der Waals surface area contributed by atoms with Crippen LogP contribution in [0, 0.1) is 53.0 Å². The van der Waals surface area contributed by atoms with Gasteiger partial charge < -0.3 is 50.9 Å². The minimum absolute atomic E-state index is 0. The van der Waals surface area contributed by atoms with E-state index in [1.807, 2.05) is 13.8 Å². The number of pyridine rings is 3. The third-order valence-electron chi connectivity index (χ3n) is 11.1. The second kappa shape index (κ2) is 34.5. The minimum Gasteiger partial charge on any atom is -0.480 e. The molecule has 21 nitrogen and oxygen atoms in total. The summed E-state index contributed by atoms with van der Waals surface area (Å²) >= 11 is 0. The topological polar surface area (TPSA) is 315 Å². The predicted octanol–water partition coefficient (Wildman–Crippen LogP) is 11.2. The molecule has 8 N–H and O–H groups in total. The van der Waals surface area contributed by atoms with Crippen LogP contribution in [0.2, 0.25) is 0 Å². The first-order valence-corrected chi connectivity index (χ1v) is 27.2. The fraction of sp³-hybridized carbons (Fsp3) is 0.266. The summed E-state index contributed by atoms with van der Waals surface area (Å²) in [5.74, 6) is 16.6. The number of amides is 2. The Balaban J connectivity index is 0.000000263. The highest BCUT2D eigenvalue weighted by atomic mass is 35.5. The highest BCUT2D eigenvalue weighted by Crippen LogP contribution is 2.21. The fourth-order valence-electron chi connectivity index (χ4n) is 6.72. The van der Waals surface area contributed by atoms with Crippen molar-refractivity contribution in [1.29, 1.82) is 0 Å². The third-order valence-corrected chi connectivity index (χ3v) is 11.1. The van der Waals surface area contributed by atoms with Crippen LogP contribution in [0.25, 0.3) is 23.0 Å². The molecule has 25 heteroatoms. The van der Waals surface area contributed by atoms with Gasteiger partial charge in [-0.05, 0) is 152 Å². The van der Waals surface area contributed by atoms with Crippen LogP contribution >= 0.6 is 12.4 Å². The number of benzene rings is 3. The normalized spacial score (nSPS) is 11.6. The number of oxime groups is 1. The zero-order valence-electron chi connectivity index (χ0n) is 50.0. The summed E-state index contributed by atoms with van der Waals surface area (Å²) in [6.07, 6.45) is 5.01. The molecule has 0 aliphatic heterocycles. The Labute approximate surface area is 518 Å². The number of amidine groups is 1. The van der Waals surface area contributed by atoms with Crippen LogP contribution in [0.4, 0.5) is 22.8 Å². The number of aromatic nitrogens is 7. The summed E-state index contributed by atoms with van der Waals surface area (Å²) in [4.78, 5) is 54.9. The summed E-state index contributed by atoms with van der Waals surface area (Å²) in [5, 5.41) is 32.8. The Bertz CT molecular complexity index is 3840. The zero-order valence-corrected chi connectivity index (χ0v) is 50.8. The molecule has 5 heterocycles. The first-order chi connectivity index (χ1) is 41.8. The molecule has 0 aliphatic carbocycles. The van der Waals surface area contributed by atoms with Gasteiger partial charge >= 0.3 is 18.2 Å². The lowest BCUT2D eigenvalue weighted by Crippen LogP contribution is -2.43. The average molecular weight is 1240 g/mol. The number of nitrogens with zero attached hydrogens (tertiary/aromatic N) is 8. The Hall–Kier alpha value is -10.6. The molecule has 0 aliphatic rings. The standard InChI is InChI=1S/C23H23FN4O3.C18H15FN4O.C14H10FN3O.C9H17NO4.ClH/c1-5-18(26-22(29)30-23(2,3)4)21-27-20(28-31-21)19-12-11-16(14-25-19)10-9-15-7-6-8-17(24)13-15;1-2-15(20)18-22-17(23-24-18)16-9-8-13(11-21-16)7-6-12-4-3-5-14(19)10-12;15-12-3-1-2-10(8-12)4-5-11-6-7-13(17-9-11)14(16)18-19;1-5-6(7(11)12)10-8(13)14-9(2,3)4;/h6-8,11-14,18H,5H2,1-4H3,(H,26,29);3-5,8-11,15H,2,20H2,1H3;1-3,6-9,19H,(H2,16,18);6H,5H2,1-4H3,(H,10,13)(H,11,12);1H. The van der Waals surface area contributed by atoms with Gasteiger partial charge in [0, 0.05) is 52.0 Å². The summed E-state index contributed by atoms with van der Waals surface area (Å²) in [6, 6.07) is 26.9. The van der Waals surface area contributed by atoms with Gasteiger partial charge in [0.05, 0.1) is 6.04 Å². The Morgan fingerprint density at radius 1 is 0.584 bits per heavy atom. The van der Waals surface area contributed by atoms with Crippen molar-refractivity contribution in [2.24, 2.45) is 16.6 Å². The predicted molar refractivity (Wildman–Crippen MR) is 327 cm³/mol. The van der Waals surface area contributed by atoms with Gasteiger partial charge in [-0.15, -0.1) is 12.4 Å². The molecule has 3 unspecified atom stereocenters. The lowest BCUT2D eigenvalue weighted by Gasteiger charge is -2.21. The van der Waals surface area contributed by atoms with Gasteiger partial charge in [0.25, 0.3) is 0 Å². The van der Waals surface area contributed by atoms with Crippen molar-refractivity contribution in [2.75, 3.05) is 0 Å². The van der Waals surface area contributed by atoms with Crippen LogP contribution in [-0.4, -0.2) is 86.8 Å². The van der Waals surface area contributed by atoms with E-state index in [-0.39, 0.29) is 47.6 Å². The lowest BCUT2D eigenvalue weighted by atomic mass is 10.2. The highest BCUT2D eigenvalue weighted by molar-refractivity contribution is 5.95. The van der Waals surface area contributed by atoms with E-state index in [4.69, 9.17) is 40.3 Å². The van der Waals surface area contributed by atoms with Crippen molar-refractivity contribution in [3.63, 3.8) is 0 Å². The van der Waals surface area contributed by atoms with Gasteiger partial charge in [-0.25, -0.2) is 27.6 Å². The number of carbonyl (C=O) groups is 3. The molecule has 0 saturated carbocycles. The second-order valence-electron chi connectivity index (χ2n) is 20.5. The van der Waals surface area contributed by atoms with Gasteiger partial charge in [0.15, 0.2) is 5.84 Å². The third kappa shape index (κ3) is 25.1. The minimum atomic E-state index is -1.06. The Morgan fingerprint density at radius 3 is 1.34 bits per heavy atom. The zero-order chi connectivity index (χ0) is 64.4. The molecular formula is C64H66ClF3N12O9. The van der Waals surface area contributed by atoms with Gasteiger partial charge in [-0.2, -0.15) is 9.97 Å². The average Bonchev–Trinajstić information content (AvgIpc) is 2.41. The highest BCUT2D eigenvalue weighted by Gasteiger charge is 2.25. The smallest absolute Gasteiger partial charge is 0.408 e. The summed E-state index contributed by atoms with van der Waals surface area (Å²) < 4.78 is 59.9. The molecule has 0 radical (unpaired) electrons. The van der Waals surface area contributed by atoms with Crippen molar-refractivity contribution < 1.29 is 56.4 Å². The number of ether oxygens (including phenoxy) is 2. The largest absolute Gasteiger partial charge is 0.480 e. The number of carbonyl (C=O) groups excluding carboxylic acids is 2. The van der Waals surface area contributed by atoms with Crippen molar-refractivity contribution >= 4 is 36.4 Å². The Kier molecular flexibility index (Phi) is 27.5. The number of rotatable bonds is 11. The molecule has 3 aromatic carbocycles. The molecule has 8 rings (SSSR count). The Morgan fingerprint density at radius 2 is 0.989 bits per heavy atom. The van der Waals surface area contributed by atoms with E-state index in [9.17, 15) is 27.6 Å². The molecule has 0 fully saturated rings. The van der Waals surface area contributed by atoms with E-state index in [0.717, 1.165) is 0 Å². The molecule has 0 saturated heterocycles. The molecule has 0 bridgehead atoms. The molecule has 464 valence electrons. The number of hydrogen-bond donors (Lipinski definition) is 6. The van der Waals surface area contributed by atoms with Crippen LogP contribution in [0.1, 0.15) is 145 Å². The van der Waals surface area contributed by atoms with Gasteiger partial charge in [0.2, 0.25) is 23.4 Å². The van der Waals surface area contributed by atoms with Crippen LogP contribution in [0.3, 0.4) is 0 Å². The summed E-state index contributed by atoms with van der Waals surface area (Å²) in [5.41, 5.74) is 15.2. The maximum atomic E-state index is 13.2. The molecule has 8 aromatic rings. The molecular weight excluding hydrogens is 1170 g/mol. The van der Waals surface area contributed by atoms with E-state index in [0.29, 0.717) is 87.3 Å². The maximum absolute atomic E-state index is 13.2. The number of aliphatic carboxylic acids is 1. The maximum Gasteiger partial charge on any atom is 0.408 e. The van der Waals surface area contributed by atoms with Crippen LogP contribution in [0.15, 0.2) is 142 Å². The van der Waals surface area contributed by atoms with Crippen LogP contribution < -0.4 is 22.1 Å². The van der Waals surface area contributed by atoms with E-state index < -0.39 is 41.4 Å². The second-order valence-corrected chi connectivity index (χ2v) is 20.5. The van der Waals surface area contributed by atoms with Gasteiger partial charge in [-0.1, -0.05) is 90.0 Å². The number of nitrogens with two attached hydrogens (primary N) is 2. The van der Waals surface area contributed by atoms with Gasteiger partial charge in [-0.3, -0.25) is 15.0 Å². The molecule has 3 atom stereocenters. The van der Waals surface area contributed by atoms with Crippen molar-refractivity contribution in [3.05, 3.63) is 196 Å². The van der Waals surface area contributed by atoms with E-state index in [1.165, 1.54) is 42.6 Å². The first-order valence-electron chi connectivity index (χ1n) is 27.2. The van der Waals surface area contributed by atoms with E-state index in [2.05, 4.69) is 86.5 Å². The number of carboxylic acid groups (broad SMARTS) is 1. The first kappa shape index (κ1) is 70.9. The quantitative estimate of drug-likeness (QED) is 0.0230. The van der Waals surface area contributed by atoms with Crippen molar-refractivity contribution in [2.45, 2.75) is 111 Å². The SMILES string of the molecule is CCC(N)c1nc(-c2ccc(C#Cc3cccc(F)c3)cn2)no1.CCC(NC(=O)OC(C)(C)C)C(=O)O.CCC(NC(=O)OC(C)(C)C)c1nc(-c2ccc(C#Cc3cccc(F)c3)cn2)no1.Cl.N/C(=N\O)c1ccc(C#Cc2cccc(F)c2)cn1. The molecule has 5 aromatic heterocycles. The number of nitrogens with one attached hydrogen (secondary N) is 2. The molecule has 2 amide bonds. The fourth-order valence-corrected chi connectivity index (χ4v) is 6.72. The summed E-state index contributed by atoms with van der Waals surface area (Å²) in [7, 11) is 0.